The standard InChI is InChI=1S/C11H17BrN4O/c1-8-4-5-13-10(9(8)12)14-6-7-15-11(17)16(2)3/h4-5H,6-7H2,1-3H3,(H,13,14)(H,15,17). The highest BCUT2D eigenvalue weighted by molar-refractivity contribution is 9.10. The summed E-state index contributed by atoms with van der Waals surface area (Å²) in [5, 5.41) is 5.92. The zero-order chi connectivity index (χ0) is 12.8. The Balaban J connectivity index is 2.36. The van der Waals surface area contributed by atoms with Crippen molar-refractivity contribution in [1.82, 2.24) is 15.2 Å². The van der Waals surface area contributed by atoms with Gasteiger partial charge in [-0.05, 0) is 34.5 Å². The van der Waals surface area contributed by atoms with Crippen molar-refractivity contribution in [1.29, 1.82) is 0 Å². The van der Waals surface area contributed by atoms with Crippen LogP contribution < -0.4 is 10.6 Å². The van der Waals surface area contributed by atoms with Crippen LogP contribution in [0.25, 0.3) is 0 Å². The van der Waals surface area contributed by atoms with Crippen LogP contribution in [-0.4, -0.2) is 43.1 Å². The molecule has 0 saturated carbocycles. The molecule has 0 bridgehead atoms. The minimum absolute atomic E-state index is 0.0944. The summed E-state index contributed by atoms with van der Waals surface area (Å²) in [6, 6.07) is 1.84. The number of halogens is 1. The summed E-state index contributed by atoms with van der Waals surface area (Å²) in [5.41, 5.74) is 1.12. The van der Waals surface area contributed by atoms with E-state index in [1.165, 1.54) is 4.90 Å². The number of nitrogens with zero attached hydrogens (tertiary/aromatic N) is 2. The Morgan fingerprint density at radius 1 is 1.47 bits per heavy atom. The van der Waals surface area contributed by atoms with Crippen LogP contribution in [0.15, 0.2) is 16.7 Å². The van der Waals surface area contributed by atoms with Crippen molar-refractivity contribution >= 4 is 27.8 Å². The number of aryl methyl sites for hydroxylation is 1. The van der Waals surface area contributed by atoms with Crippen molar-refractivity contribution in [2.24, 2.45) is 0 Å². The highest BCUT2D eigenvalue weighted by Crippen LogP contribution is 2.22. The lowest BCUT2D eigenvalue weighted by Gasteiger charge is -2.13. The molecule has 0 radical (unpaired) electrons. The van der Waals surface area contributed by atoms with Crippen LogP contribution in [0.1, 0.15) is 5.56 Å². The Bertz CT molecular complexity index is 395. The van der Waals surface area contributed by atoms with Gasteiger partial charge in [0.05, 0.1) is 4.47 Å². The first-order chi connectivity index (χ1) is 8.02. The summed E-state index contributed by atoms with van der Waals surface area (Å²) in [5.74, 6) is 0.795. The molecule has 0 atom stereocenters. The van der Waals surface area contributed by atoms with E-state index in [0.29, 0.717) is 13.1 Å². The van der Waals surface area contributed by atoms with Gasteiger partial charge in [0.15, 0.2) is 0 Å². The number of hydrogen-bond acceptors (Lipinski definition) is 3. The van der Waals surface area contributed by atoms with E-state index in [2.05, 4.69) is 31.5 Å². The molecule has 0 fully saturated rings. The molecule has 0 aromatic carbocycles. The van der Waals surface area contributed by atoms with Crippen LogP contribution >= 0.6 is 15.9 Å². The van der Waals surface area contributed by atoms with Crippen molar-refractivity contribution in [2.75, 3.05) is 32.5 Å². The van der Waals surface area contributed by atoms with Gasteiger partial charge in [-0.1, -0.05) is 0 Å². The molecule has 0 aliphatic rings. The number of anilines is 1. The van der Waals surface area contributed by atoms with Gasteiger partial charge >= 0.3 is 6.03 Å². The van der Waals surface area contributed by atoms with Crippen LogP contribution in [0, 0.1) is 6.92 Å². The molecule has 0 saturated heterocycles. The van der Waals surface area contributed by atoms with Gasteiger partial charge in [0.1, 0.15) is 5.82 Å². The largest absolute Gasteiger partial charge is 0.367 e. The van der Waals surface area contributed by atoms with Crippen molar-refractivity contribution in [3.8, 4) is 0 Å². The third kappa shape index (κ3) is 4.22. The Hall–Kier alpha value is -1.30. The lowest BCUT2D eigenvalue weighted by molar-refractivity contribution is 0.218. The van der Waals surface area contributed by atoms with Gasteiger partial charge in [-0.3, -0.25) is 0 Å². The van der Waals surface area contributed by atoms with Crippen molar-refractivity contribution in [3.05, 3.63) is 22.3 Å². The topological polar surface area (TPSA) is 57.3 Å². The van der Waals surface area contributed by atoms with Gasteiger partial charge in [0.25, 0.3) is 0 Å². The SMILES string of the molecule is Cc1ccnc(NCCNC(=O)N(C)C)c1Br. The Labute approximate surface area is 110 Å². The minimum atomic E-state index is -0.0944. The number of amides is 2. The monoisotopic (exact) mass is 300 g/mol. The van der Waals surface area contributed by atoms with Crippen LogP contribution in [0.5, 0.6) is 0 Å². The summed E-state index contributed by atoms with van der Waals surface area (Å²) >= 11 is 3.46. The molecular weight excluding hydrogens is 284 g/mol. The summed E-state index contributed by atoms with van der Waals surface area (Å²) in [6.07, 6.45) is 1.75. The van der Waals surface area contributed by atoms with Crippen LogP contribution in [-0.2, 0) is 0 Å². The van der Waals surface area contributed by atoms with Crippen LogP contribution in [0.4, 0.5) is 10.6 Å². The van der Waals surface area contributed by atoms with Gasteiger partial charge < -0.3 is 15.5 Å². The maximum atomic E-state index is 11.2. The molecule has 5 nitrogen and oxygen atoms in total. The van der Waals surface area contributed by atoms with Crippen LogP contribution in [0.3, 0.4) is 0 Å². The molecule has 2 N–H and O–H groups in total. The number of hydrogen-bond donors (Lipinski definition) is 2. The maximum absolute atomic E-state index is 11.2. The molecule has 0 aliphatic carbocycles. The summed E-state index contributed by atoms with van der Waals surface area (Å²) < 4.78 is 0.957. The second-order valence-electron chi connectivity index (χ2n) is 3.84. The van der Waals surface area contributed by atoms with E-state index in [1.807, 2.05) is 13.0 Å². The average Bonchev–Trinajstić information content (AvgIpc) is 2.29. The highest BCUT2D eigenvalue weighted by Gasteiger charge is 2.04. The number of rotatable bonds is 4. The molecular formula is C11H17BrN4O. The second-order valence-corrected chi connectivity index (χ2v) is 4.64. The number of carbonyl (C=O) groups excluding carboxylic acids is 1. The molecule has 0 spiro atoms. The first-order valence-electron chi connectivity index (χ1n) is 5.32. The van der Waals surface area contributed by atoms with E-state index in [-0.39, 0.29) is 6.03 Å². The maximum Gasteiger partial charge on any atom is 0.316 e. The molecule has 94 valence electrons. The van der Waals surface area contributed by atoms with Gasteiger partial charge in [-0.2, -0.15) is 0 Å². The van der Waals surface area contributed by atoms with Gasteiger partial charge in [0, 0.05) is 33.4 Å². The van der Waals surface area contributed by atoms with E-state index in [9.17, 15) is 4.79 Å². The van der Waals surface area contributed by atoms with E-state index in [4.69, 9.17) is 0 Å². The zero-order valence-corrected chi connectivity index (χ0v) is 11.8. The summed E-state index contributed by atoms with van der Waals surface area (Å²) in [7, 11) is 3.42. The molecule has 2 amide bonds. The van der Waals surface area contributed by atoms with Gasteiger partial charge in [-0.15, -0.1) is 0 Å². The van der Waals surface area contributed by atoms with Crippen LogP contribution in [0.2, 0.25) is 0 Å². The van der Waals surface area contributed by atoms with Gasteiger partial charge in [0.2, 0.25) is 0 Å². The molecule has 6 heteroatoms. The average molecular weight is 301 g/mol. The number of pyridine rings is 1. The molecule has 1 aromatic rings. The smallest absolute Gasteiger partial charge is 0.316 e. The van der Waals surface area contributed by atoms with E-state index in [0.717, 1.165) is 15.9 Å². The van der Waals surface area contributed by atoms with E-state index < -0.39 is 0 Å². The van der Waals surface area contributed by atoms with Gasteiger partial charge in [-0.25, -0.2) is 9.78 Å². The Morgan fingerprint density at radius 2 is 2.18 bits per heavy atom. The fourth-order valence-electron chi connectivity index (χ4n) is 1.17. The fraction of sp³-hybridized carbons (Fsp3) is 0.455. The predicted molar refractivity (Wildman–Crippen MR) is 72.2 cm³/mol. The number of nitrogens with one attached hydrogen (secondary N) is 2. The first-order valence-corrected chi connectivity index (χ1v) is 6.12. The first kappa shape index (κ1) is 13.8. The van der Waals surface area contributed by atoms with Crippen molar-refractivity contribution < 1.29 is 4.79 Å². The van der Waals surface area contributed by atoms with Crippen molar-refractivity contribution in [3.63, 3.8) is 0 Å². The highest BCUT2D eigenvalue weighted by atomic mass is 79.9. The third-order valence-corrected chi connectivity index (χ3v) is 3.18. The number of carbonyl (C=O) groups is 1. The lowest BCUT2D eigenvalue weighted by atomic mass is 10.3. The van der Waals surface area contributed by atoms with E-state index >= 15 is 0 Å². The normalized spacial score (nSPS) is 9.88. The molecule has 0 aliphatic heterocycles. The Kier molecular flexibility index (Phi) is 5.21. The molecule has 17 heavy (non-hydrogen) atoms. The molecule has 1 heterocycles. The minimum Gasteiger partial charge on any atom is -0.367 e. The molecule has 1 rings (SSSR count). The molecule has 1 aromatic heterocycles. The third-order valence-electron chi connectivity index (χ3n) is 2.18. The second kappa shape index (κ2) is 6.44. The summed E-state index contributed by atoms with van der Waals surface area (Å²) in [4.78, 5) is 16.9. The van der Waals surface area contributed by atoms with E-state index in [1.54, 1.807) is 20.3 Å². The number of aromatic nitrogens is 1. The predicted octanol–water partition coefficient (Wildman–Crippen LogP) is 1.84. The number of urea groups is 1. The Morgan fingerprint density at radius 3 is 2.82 bits per heavy atom. The lowest BCUT2D eigenvalue weighted by Crippen LogP contribution is -2.37. The van der Waals surface area contributed by atoms with Crippen molar-refractivity contribution in [2.45, 2.75) is 6.92 Å². The quantitative estimate of drug-likeness (QED) is 0.834. The zero-order valence-electron chi connectivity index (χ0n) is 10.2. The summed E-state index contributed by atoms with van der Waals surface area (Å²) in [6.45, 7) is 3.19. The molecule has 0 unspecified atom stereocenters. The fourth-order valence-corrected chi connectivity index (χ4v) is 1.55.